The van der Waals surface area contributed by atoms with E-state index in [1.165, 1.54) is 6.07 Å². The van der Waals surface area contributed by atoms with Crippen LogP contribution in [0.2, 0.25) is 0 Å². The Hall–Kier alpha value is 0.983. The summed E-state index contributed by atoms with van der Waals surface area (Å²) in [7, 11) is 0. The van der Waals surface area contributed by atoms with Gasteiger partial charge in [-0.1, -0.05) is 0 Å². The van der Waals surface area contributed by atoms with Gasteiger partial charge in [0.25, 0.3) is 0 Å². The molecule has 0 saturated carbocycles. The van der Waals surface area contributed by atoms with Gasteiger partial charge in [-0.05, 0) is 0 Å². The van der Waals surface area contributed by atoms with Gasteiger partial charge in [-0.15, -0.1) is 24.0 Å². The summed E-state index contributed by atoms with van der Waals surface area (Å²) in [6.07, 6.45) is 0. The molecule has 0 atom stereocenters. The molecule has 0 saturated heterocycles. The molecule has 0 spiro atoms. The standard InChI is InChI=1S/C6H3BrF.HI.Zn/c7-5-2-1-3-6(8)4-5;;/h1-2,4H;1H;. The van der Waals surface area contributed by atoms with Crippen LogP contribution in [-0.2, 0) is 18.3 Å². The van der Waals surface area contributed by atoms with Gasteiger partial charge in [-0.2, -0.15) is 0 Å². The van der Waals surface area contributed by atoms with E-state index in [-0.39, 0.29) is 29.8 Å². The monoisotopic (exact) mass is 365 g/mol. The Kier molecular flexibility index (Phi) is 5.25. The molecule has 0 aliphatic carbocycles. The van der Waals surface area contributed by atoms with Crippen LogP contribution < -0.4 is 4.16 Å². The molecule has 10 heavy (non-hydrogen) atoms. The Morgan fingerprint density at radius 2 is 2.00 bits per heavy atom. The molecular formula is C6H4BrFIZn. The van der Waals surface area contributed by atoms with E-state index in [2.05, 4.69) is 15.9 Å². The SMILES string of the molecule is Fc1cc(Br)cc[c]1[Zn].I. The normalized spacial score (nSPS) is 8.80. The Labute approximate surface area is 94.4 Å². The molecule has 0 N–H and O–H groups in total. The van der Waals surface area contributed by atoms with Crippen LogP contribution in [0, 0.1) is 5.82 Å². The second-order valence-electron chi connectivity index (χ2n) is 1.74. The zero-order valence-electron chi connectivity index (χ0n) is 5.10. The zero-order chi connectivity index (χ0) is 6.85. The fraction of sp³-hybridized carbons (Fsp3) is 0. The van der Waals surface area contributed by atoms with Crippen molar-refractivity contribution in [3.05, 3.63) is 28.5 Å². The topological polar surface area (TPSA) is 0 Å². The van der Waals surface area contributed by atoms with Gasteiger partial charge in [0.05, 0.1) is 0 Å². The molecule has 0 aliphatic heterocycles. The summed E-state index contributed by atoms with van der Waals surface area (Å²) in [6.45, 7) is 0. The fourth-order valence-corrected chi connectivity index (χ4v) is 1.32. The van der Waals surface area contributed by atoms with Crippen LogP contribution in [0.3, 0.4) is 0 Å². The van der Waals surface area contributed by atoms with E-state index in [0.29, 0.717) is 0 Å². The second kappa shape index (κ2) is 4.78. The smallest absolute Gasteiger partial charge is 0.107 e. The average molecular weight is 367 g/mol. The van der Waals surface area contributed by atoms with E-state index in [0.717, 1.165) is 26.9 Å². The van der Waals surface area contributed by atoms with Crippen LogP contribution in [0.25, 0.3) is 0 Å². The van der Waals surface area contributed by atoms with Crippen molar-refractivity contribution in [1.82, 2.24) is 0 Å². The van der Waals surface area contributed by atoms with Gasteiger partial charge in [0.15, 0.2) is 0 Å². The predicted octanol–water partition coefficient (Wildman–Crippen LogP) is 2.38. The molecule has 0 nitrogen and oxygen atoms in total. The molecule has 0 radical (unpaired) electrons. The minimum Gasteiger partial charge on any atom is -0.107 e. The number of hydrogen-bond acceptors (Lipinski definition) is 0. The van der Waals surface area contributed by atoms with E-state index in [1.807, 2.05) is 6.07 Å². The van der Waals surface area contributed by atoms with Crippen LogP contribution in [-0.4, -0.2) is 0 Å². The van der Waals surface area contributed by atoms with Gasteiger partial charge in [0.2, 0.25) is 0 Å². The summed E-state index contributed by atoms with van der Waals surface area (Å²) in [5.74, 6) is -0.107. The molecule has 0 unspecified atom stereocenters. The number of benzene rings is 1. The predicted molar refractivity (Wildman–Crippen MR) is 49.1 cm³/mol. The Morgan fingerprint density at radius 1 is 1.40 bits per heavy atom. The van der Waals surface area contributed by atoms with E-state index in [1.54, 1.807) is 6.07 Å². The Morgan fingerprint density at radius 3 is 2.40 bits per heavy atom. The average Bonchev–Trinajstić information content (AvgIpc) is 1.80. The molecule has 1 aromatic carbocycles. The van der Waals surface area contributed by atoms with Gasteiger partial charge in [-0.25, -0.2) is 0 Å². The van der Waals surface area contributed by atoms with Gasteiger partial charge in [0.1, 0.15) is 0 Å². The molecule has 0 fully saturated rings. The molecule has 0 amide bonds. The van der Waals surface area contributed by atoms with Crippen molar-refractivity contribution in [3.63, 3.8) is 0 Å². The number of hydrogen-bond donors (Lipinski definition) is 0. The maximum absolute atomic E-state index is 12.6. The van der Waals surface area contributed by atoms with Gasteiger partial charge < -0.3 is 0 Å². The molecule has 0 bridgehead atoms. The second-order valence-corrected chi connectivity index (χ2v) is 4.25. The minimum atomic E-state index is -0.107. The molecule has 0 heterocycles. The van der Waals surface area contributed by atoms with Gasteiger partial charge >= 0.3 is 71.3 Å². The van der Waals surface area contributed by atoms with E-state index in [4.69, 9.17) is 0 Å². The van der Waals surface area contributed by atoms with Crippen molar-refractivity contribution in [2.24, 2.45) is 0 Å². The third-order valence-electron chi connectivity index (χ3n) is 1.02. The molecular weight excluding hydrogens is 363 g/mol. The number of halogens is 3. The first-order chi connectivity index (χ1) is 4.20. The zero-order valence-corrected chi connectivity index (χ0v) is 12.0. The quantitative estimate of drug-likeness (QED) is 0.488. The van der Waals surface area contributed by atoms with Crippen LogP contribution in [0.4, 0.5) is 4.39 Å². The fourth-order valence-electron chi connectivity index (χ4n) is 0.522. The van der Waals surface area contributed by atoms with E-state index < -0.39 is 0 Å². The summed E-state index contributed by atoms with van der Waals surface area (Å²) in [4.78, 5) is 0. The van der Waals surface area contributed by atoms with E-state index >= 15 is 0 Å². The summed E-state index contributed by atoms with van der Waals surface area (Å²) in [5, 5.41) is 0. The Bertz CT molecular complexity index is 229. The van der Waals surface area contributed by atoms with Crippen molar-refractivity contribution in [2.75, 3.05) is 0 Å². The first kappa shape index (κ1) is 11.0. The van der Waals surface area contributed by atoms with Crippen LogP contribution >= 0.6 is 39.9 Å². The van der Waals surface area contributed by atoms with Gasteiger partial charge in [0, 0.05) is 0 Å². The summed E-state index contributed by atoms with van der Waals surface area (Å²) in [5.41, 5.74) is 0. The largest absolute Gasteiger partial charge is 0.107 e. The summed E-state index contributed by atoms with van der Waals surface area (Å²) < 4.78 is 14.2. The molecule has 1 aromatic rings. The Balaban J connectivity index is 0.000000810. The molecule has 4 heteroatoms. The van der Waals surface area contributed by atoms with E-state index in [9.17, 15) is 4.39 Å². The maximum atomic E-state index is 12.6. The van der Waals surface area contributed by atoms with Crippen LogP contribution in [0.15, 0.2) is 22.7 Å². The molecule has 51 valence electrons. The summed E-state index contributed by atoms with van der Waals surface area (Å²) >= 11 is 4.04. The first-order valence-corrected chi connectivity index (χ1v) is 4.75. The molecule has 0 aromatic heterocycles. The van der Waals surface area contributed by atoms with Crippen LogP contribution in [0.5, 0.6) is 0 Å². The molecule has 1 rings (SSSR count). The van der Waals surface area contributed by atoms with Crippen molar-refractivity contribution in [3.8, 4) is 0 Å². The van der Waals surface area contributed by atoms with Crippen LogP contribution in [0.1, 0.15) is 0 Å². The maximum Gasteiger partial charge on any atom is -0.107 e. The summed E-state index contributed by atoms with van der Waals surface area (Å²) in [6, 6.07) is 5.13. The van der Waals surface area contributed by atoms with Crippen molar-refractivity contribution in [2.45, 2.75) is 0 Å². The number of rotatable bonds is 0. The first-order valence-electron chi connectivity index (χ1n) is 2.47. The third kappa shape index (κ3) is 2.93. The van der Waals surface area contributed by atoms with Gasteiger partial charge in [-0.3, -0.25) is 0 Å². The van der Waals surface area contributed by atoms with Crippen molar-refractivity contribution < 1.29 is 22.7 Å². The van der Waals surface area contributed by atoms with Crippen molar-refractivity contribution in [1.29, 1.82) is 0 Å². The minimum absolute atomic E-state index is 0. The molecule has 0 aliphatic rings. The van der Waals surface area contributed by atoms with Crippen molar-refractivity contribution >= 4 is 44.1 Å². The third-order valence-corrected chi connectivity index (χ3v) is 2.71.